The third-order valence-electron chi connectivity index (χ3n) is 4.46. The second-order valence-electron chi connectivity index (χ2n) is 5.70. The van der Waals surface area contributed by atoms with Crippen LogP contribution in [0.1, 0.15) is 19.3 Å². The molecule has 2 aromatic heterocycles. The van der Waals surface area contributed by atoms with Crippen molar-refractivity contribution in [1.82, 2.24) is 19.9 Å². The van der Waals surface area contributed by atoms with E-state index in [2.05, 4.69) is 30.8 Å². The Hall–Kier alpha value is -1.75. The van der Waals surface area contributed by atoms with Gasteiger partial charge in [-0.05, 0) is 44.5 Å². The number of hydrogen-bond donors (Lipinski definition) is 0. The van der Waals surface area contributed by atoms with E-state index in [0.29, 0.717) is 6.04 Å². The van der Waals surface area contributed by atoms with Gasteiger partial charge in [-0.1, -0.05) is 0 Å². The normalized spacial score (nSPS) is 23.8. The molecule has 0 spiro atoms. The van der Waals surface area contributed by atoms with E-state index in [0.717, 1.165) is 30.1 Å². The zero-order valence-electron chi connectivity index (χ0n) is 11.6. The summed E-state index contributed by atoms with van der Waals surface area (Å²) in [5, 5.41) is 0. The lowest BCUT2D eigenvalue weighted by atomic mass is 10.2. The van der Waals surface area contributed by atoms with Crippen molar-refractivity contribution in [1.29, 1.82) is 0 Å². The third-order valence-corrected chi connectivity index (χ3v) is 4.46. The van der Waals surface area contributed by atoms with Gasteiger partial charge in [0.05, 0.1) is 0 Å². The van der Waals surface area contributed by atoms with Crippen molar-refractivity contribution < 1.29 is 0 Å². The van der Waals surface area contributed by atoms with Crippen LogP contribution in [0, 0.1) is 0 Å². The molecule has 4 heterocycles. The summed E-state index contributed by atoms with van der Waals surface area (Å²) < 4.78 is 0. The Morgan fingerprint density at radius 2 is 1.85 bits per heavy atom. The monoisotopic (exact) mass is 269 g/mol. The molecule has 2 aromatic rings. The van der Waals surface area contributed by atoms with Crippen molar-refractivity contribution in [2.75, 3.05) is 31.1 Å². The van der Waals surface area contributed by atoms with Crippen molar-refractivity contribution in [3.63, 3.8) is 0 Å². The number of fused-ring (bicyclic) bond motifs is 1. The Labute approximate surface area is 118 Å². The Morgan fingerprint density at radius 1 is 1.00 bits per heavy atom. The van der Waals surface area contributed by atoms with Crippen LogP contribution in [0.3, 0.4) is 0 Å². The summed E-state index contributed by atoms with van der Waals surface area (Å²) >= 11 is 0. The molecule has 4 rings (SSSR count). The first-order chi connectivity index (χ1) is 9.90. The SMILES string of the molecule is c1cnc2nc(N3CC[C@@H](N4CCCC4)C3)ccc2n1. The highest BCUT2D eigenvalue weighted by Crippen LogP contribution is 2.24. The van der Waals surface area contributed by atoms with Crippen LogP contribution >= 0.6 is 0 Å². The Kier molecular flexibility index (Phi) is 2.99. The molecule has 5 heteroatoms. The van der Waals surface area contributed by atoms with E-state index in [1.807, 2.05) is 6.07 Å². The first-order valence-electron chi connectivity index (χ1n) is 7.47. The van der Waals surface area contributed by atoms with Gasteiger partial charge >= 0.3 is 0 Å². The lowest BCUT2D eigenvalue weighted by molar-refractivity contribution is 0.260. The highest BCUT2D eigenvalue weighted by Gasteiger charge is 2.29. The van der Waals surface area contributed by atoms with Gasteiger partial charge in [-0.25, -0.2) is 9.97 Å². The molecule has 0 N–H and O–H groups in total. The molecule has 0 aromatic carbocycles. The van der Waals surface area contributed by atoms with E-state index in [-0.39, 0.29) is 0 Å². The zero-order valence-corrected chi connectivity index (χ0v) is 11.6. The average molecular weight is 269 g/mol. The minimum Gasteiger partial charge on any atom is -0.355 e. The molecule has 2 aliphatic rings. The summed E-state index contributed by atoms with van der Waals surface area (Å²) in [7, 11) is 0. The van der Waals surface area contributed by atoms with Gasteiger partial charge < -0.3 is 4.90 Å². The molecule has 0 radical (unpaired) electrons. The van der Waals surface area contributed by atoms with Crippen LogP contribution in [0.25, 0.3) is 11.2 Å². The van der Waals surface area contributed by atoms with E-state index in [4.69, 9.17) is 0 Å². The number of likely N-dealkylation sites (tertiary alicyclic amines) is 1. The number of hydrogen-bond acceptors (Lipinski definition) is 5. The van der Waals surface area contributed by atoms with Gasteiger partial charge in [0.15, 0.2) is 5.65 Å². The maximum Gasteiger partial charge on any atom is 0.180 e. The van der Waals surface area contributed by atoms with Gasteiger partial charge in [0.25, 0.3) is 0 Å². The topological polar surface area (TPSA) is 45.2 Å². The molecular formula is C15H19N5. The van der Waals surface area contributed by atoms with Crippen LogP contribution in [0.4, 0.5) is 5.82 Å². The number of aromatic nitrogens is 3. The van der Waals surface area contributed by atoms with Crippen LogP contribution < -0.4 is 4.90 Å². The minimum absolute atomic E-state index is 0.705. The number of pyridine rings is 1. The highest BCUT2D eigenvalue weighted by molar-refractivity contribution is 5.71. The summed E-state index contributed by atoms with van der Waals surface area (Å²) in [6.07, 6.45) is 7.39. The maximum absolute atomic E-state index is 4.65. The quantitative estimate of drug-likeness (QED) is 0.830. The second kappa shape index (κ2) is 4.98. The minimum atomic E-state index is 0.705. The molecule has 0 amide bonds. The maximum atomic E-state index is 4.65. The van der Waals surface area contributed by atoms with Gasteiger partial charge in [0.2, 0.25) is 0 Å². The zero-order chi connectivity index (χ0) is 13.4. The van der Waals surface area contributed by atoms with Crippen molar-refractivity contribution >= 4 is 17.0 Å². The van der Waals surface area contributed by atoms with E-state index in [1.165, 1.54) is 32.4 Å². The predicted molar refractivity (Wildman–Crippen MR) is 78.8 cm³/mol. The summed E-state index contributed by atoms with van der Waals surface area (Å²) in [6, 6.07) is 4.80. The van der Waals surface area contributed by atoms with E-state index in [9.17, 15) is 0 Å². The number of rotatable bonds is 2. The van der Waals surface area contributed by atoms with Crippen LogP contribution in [-0.2, 0) is 0 Å². The molecule has 1 atom stereocenters. The molecule has 5 nitrogen and oxygen atoms in total. The van der Waals surface area contributed by atoms with E-state index in [1.54, 1.807) is 12.4 Å². The van der Waals surface area contributed by atoms with Crippen molar-refractivity contribution in [3.05, 3.63) is 24.5 Å². The van der Waals surface area contributed by atoms with Crippen molar-refractivity contribution in [3.8, 4) is 0 Å². The standard InChI is InChI=1S/C15H19N5/c1-2-9-19(8-1)12-5-10-20(11-12)14-4-3-13-15(18-14)17-7-6-16-13/h3-4,6-7,12H,1-2,5,8-11H2/t12-/m1/s1. The molecular weight excluding hydrogens is 250 g/mol. The van der Waals surface area contributed by atoms with Gasteiger partial charge in [0.1, 0.15) is 11.3 Å². The van der Waals surface area contributed by atoms with Crippen LogP contribution in [0.2, 0.25) is 0 Å². The molecule has 2 saturated heterocycles. The Bertz CT molecular complexity index is 608. The molecule has 0 bridgehead atoms. The molecule has 104 valence electrons. The van der Waals surface area contributed by atoms with Crippen LogP contribution in [0.15, 0.2) is 24.5 Å². The van der Waals surface area contributed by atoms with Crippen molar-refractivity contribution in [2.24, 2.45) is 0 Å². The van der Waals surface area contributed by atoms with E-state index >= 15 is 0 Å². The lowest BCUT2D eigenvalue weighted by Gasteiger charge is -2.24. The third kappa shape index (κ3) is 2.12. The summed E-state index contributed by atoms with van der Waals surface area (Å²) in [5.41, 5.74) is 1.61. The van der Waals surface area contributed by atoms with Gasteiger partial charge in [-0.15, -0.1) is 0 Å². The largest absolute Gasteiger partial charge is 0.355 e. The molecule has 20 heavy (non-hydrogen) atoms. The first-order valence-corrected chi connectivity index (χ1v) is 7.47. The van der Waals surface area contributed by atoms with Gasteiger partial charge in [-0.2, -0.15) is 0 Å². The van der Waals surface area contributed by atoms with Crippen molar-refractivity contribution in [2.45, 2.75) is 25.3 Å². The summed E-state index contributed by atoms with van der Waals surface area (Å²) in [5.74, 6) is 1.04. The predicted octanol–water partition coefficient (Wildman–Crippen LogP) is 1.70. The fraction of sp³-hybridized carbons (Fsp3) is 0.533. The molecule has 2 aliphatic heterocycles. The highest BCUT2D eigenvalue weighted by atomic mass is 15.3. The molecule has 2 fully saturated rings. The fourth-order valence-corrected chi connectivity index (χ4v) is 3.38. The molecule has 0 unspecified atom stereocenters. The lowest BCUT2D eigenvalue weighted by Crippen LogP contribution is -2.35. The second-order valence-corrected chi connectivity index (χ2v) is 5.70. The Morgan fingerprint density at radius 3 is 2.75 bits per heavy atom. The van der Waals surface area contributed by atoms with Crippen LogP contribution in [-0.4, -0.2) is 52.1 Å². The smallest absolute Gasteiger partial charge is 0.180 e. The number of nitrogens with zero attached hydrogens (tertiary/aromatic N) is 5. The number of anilines is 1. The first kappa shape index (κ1) is 12.0. The Balaban J connectivity index is 1.54. The van der Waals surface area contributed by atoms with Gasteiger partial charge in [0, 0.05) is 31.5 Å². The summed E-state index contributed by atoms with van der Waals surface area (Å²) in [4.78, 5) is 18.3. The summed E-state index contributed by atoms with van der Waals surface area (Å²) in [6.45, 7) is 4.74. The molecule has 0 aliphatic carbocycles. The molecule has 0 saturated carbocycles. The van der Waals surface area contributed by atoms with E-state index < -0.39 is 0 Å². The average Bonchev–Trinajstić information content (AvgIpc) is 3.17. The van der Waals surface area contributed by atoms with Crippen LogP contribution in [0.5, 0.6) is 0 Å². The fourth-order valence-electron chi connectivity index (χ4n) is 3.38. The van der Waals surface area contributed by atoms with Gasteiger partial charge in [-0.3, -0.25) is 9.88 Å².